The predicted molar refractivity (Wildman–Crippen MR) is 88.5 cm³/mol. The molecule has 3 rings (SSSR count). The van der Waals surface area contributed by atoms with E-state index in [1.807, 2.05) is 33.0 Å². The largest absolute Gasteiger partial charge is 0.372 e. The van der Waals surface area contributed by atoms with E-state index < -0.39 is 0 Å². The van der Waals surface area contributed by atoms with Gasteiger partial charge in [-0.3, -0.25) is 9.48 Å². The van der Waals surface area contributed by atoms with Crippen LogP contribution in [0, 0.1) is 13.8 Å². The molecule has 0 spiro atoms. The fraction of sp³-hybridized carbons (Fsp3) is 0.412. The van der Waals surface area contributed by atoms with Crippen LogP contribution in [0.15, 0.2) is 24.3 Å². The van der Waals surface area contributed by atoms with Crippen LogP contribution in [-0.4, -0.2) is 28.8 Å². The van der Waals surface area contributed by atoms with Crippen molar-refractivity contribution in [3.8, 4) is 0 Å². The number of rotatable bonds is 3. The van der Waals surface area contributed by atoms with Crippen molar-refractivity contribution in [2.24, 2.45) is 7.05 Å². The highest BCUT2D eigenvalue weighted by Crippen LogP contribution is 2.22. The molecule has 1 aliphatic heterocycles. The van der Waals surface area contributed by atoms with Gasteiger partial charge in [-0.1, -0.05) is 0 Å². The molecule has 0 radical (unpaired) electrons. The Kier molecular flexibility index (Phi) is 3.88. The van der Waals surface area contributed by atoms with Crippen LogP contribution in [0.25, 0.3) is 0 Å². The molecule has 0 atom stereocenters. The first-order valence-electron chi connectivity index (χ1n) is 7.73. The maximum atomic E-state index is 12.4. The Balaban J connectivity index is 1.74. The number of nitrogens with one attached hydrogen (secondary N) is 1. The predicted octanol–water partition coefficient (Wildman–Crippen LogP) is 2.89. The number of carbonyl (C=O) groups excluding carboxylic acids is 1. The minimum Gasteiger partial charge on any atom is -0.372 e. The lowest BCUT2D eigenvalue weighted by atomic mass is 10.1. The maximum Gasteiger partial charge on any atom is 0.259 e. The Bertz CT molecular complexity index is 681. The lowest BCUT2D eigenvalue weighted by Gasteiger charge is -2.17. The third-order valence-corrected chi connectivity index (χ3v) is 4.33. The van der Waals surface area contributed by atoms with Crippen LogP contribution < -0.4 is 10.2 Å². The number of carbonyl (C=O) groups is 1. The quantitative estimate of drug-likeness (QED) is 0.948. The molecule has 1 aliphatic rings. The van der Waals surface area contributed by atoms with Gasteiger partial charge in [-0.2, -0.15) is 5.10 Å². The summed E-state index contributed by atoms with van der Waals surface area (Å²) >= 11 is 0. The van der Waals surface area contributed by atoms with Gasteiger partial charge in [0.25, 0.3) is 5.91 Å². The lowest BCUT2D eigenvalue weighted by Crippen LogP contribution is -2.17. The van der Waals surface area contributed by atoms with E-state index >= 15 is 0 Å². The normalized spacial score (nSPS) is 14.4. The zero-order chi connectivity index (χ0) is 15.7. The van der Waals surface area contributed by atoms with Gasteiger partial charge in [0.05, 0.1) is 11.3 Å². The fourth-order valence-corrected chi connectivity index (χ4v) is 3.03. The van der Waals surface area contributed by atoms with Crippen LogP contribution in [-0.2, 0) is 7.05 Å². The van der Waals surface area contributed by atoms with Gasteiger partial charge in [-0.05, 0) is 51.0 Å². The maximum absolute atomic E-state index is 12.4. The molecule has 0 aliphatic carbocycles. The molecule has 1 amide bonds. The summed E-state index contributed by atoms with van der Waals surface area (Å²) < 4.78 is 1.74. The Morgan fingerprint density at radius 3 is 2.32 bits per heavy atom. The summed E-state index contributed by atoms with van der Waals surface area (Å²) in [6.07, 6.45) is 2.52. The van der Waals surface area contributed by atoms with Gasteiger partial charge >= 0.3 is 0 Å². The van der Waals surface area contributed by atoms with Crippen LogP contribution in [0.3, 0.4) is 0 Å². The highest BCUT2D eigenvalue weighted by atomic mass is 16.1. The highest BCUT2D eigenvalue weighted by Gasteiger charge is 2.17. The Hall–Kier alpha value is -2.30. The van der Waals surface area contributed by atoms with Crippen molar-refractivity contribution >= 4 is 17.3 Å². The molecule has 116 valence electrons. The monoisotopic (exact) mass is 298 g/mol. The van der Waals surface area contributed by atoms with E-state index in [0.29, 0.717) is 5.56 Å². The summed E-state index contributed by atoms with van der Waals surface area (Å²) in [7, 11) is 1.85. The molecule has 22 heavy (non-hydrogen) atoms. The molecule has 5 nitrogen and oxygen atoms in total. The van der Waals surface area contributed by atoms with Gasteiger partial charge in [0, 0.05) is 37.2 Å². The van der Waals surface area contributed by atoms with Crippen molar-refractivity contribution in [3.63, 3.8) is 0 Å². The summed E-state index contributed by atoms with van der Waals surface area (Å²) in [5, 5.41) is 7.25. The second-order valence-electron chi connectivity index (χ2n) is 5.86. The van der Waals surface area contributed by atoms with Crippen molar-refractivity contribution in [3.05, 3.63) is 41.2 Å². The Morgan fingerprint density at radius 2 is 1.77 bits per heavy atom. The minimum atomic E-state index is -0.1000. The number of hydrogen-bond donors (Lipinski definition) is 1. The first-order chi connectivity index (χ1) is 10.6. The molecule has 2 heterocycles. The van der Waals surface area contributed by atoms with Gasteiger partial charge in [0.15, 0.2) is 0 Å². The highest BCUT2D eigenvalue weighted by molar-refractivity contribution is 6.05. The summed E-state index contributed by atoms with van der Waals surface area (Å²) in [4.78, 5) is 14.8. The standard InChI is InChI=1S/C17H22N4O/c1-12-16(13(2)20(3)19-12)17(22)18-14-6-8-15(9-7-14)21-10-4-5-11-21/h6-9H,4-5,10-11H2,1-3H3,(H,18,22). The van der Waals surface area contributed by atoms with Crippen LogP contribution >= 0.6 is 0 Å². The van der Waals surface area contributed by atoms with Gasteiger partial charge in [0.1, 0.15) is 0 Å². The molecule has 1 fully saturated rings. The van der Waals surface area contributed by atoms with Crippen molar-refractivity contribution in [1.82, 2.24) is 9.78 Å². The van der Waals surface area contributed by atoms with E-state index in [1.54, 1.807) is 4.68 Å². The molecule has 0 unspecified atom stereocenters. The topological polar surface area (TPSA) is 50.2 Å². The molecule has 0 bridgehead atoms. The van der Waals surface area contributed by atoms with Crippen LogP contribution in [0.2, 0.25) is 0 Å². The van der Waals surface area contributed by atoms with Crippen LogP contribution in [0.4, 0.5) is 11.4 Å². The van der Waals surface area contributed by atoms with E-state index in [9.17, 15) is 4.79 Å². The molecule has 1 aromatic heterocycles. The van der Waals surface area contributed by atoms with E-state index in [1.165, 1.54) is 18.5 Å². The second-order valence-corrected chi connectivity index (χ2v) is 5.86. The van der Waals surface area contributed by atoms with E-state index in [-0.39, 0.29) is 5.91 Å². The first kappa shape index (κ1) is 14.6. The van der Waals surface area contributed by atoms with E-state index in [2.05, 4.69) is 27.4 Å². The Labute approximate surface area is 130 Å². The van der Waals surface area contributed by atoms with Crippen molar-refractivity contribution in [2.45, 2.75) is 26.7 Å². The van der Waals surface area contributed by atoms with Crippen molar-refractivity contribution in [1.29, 1.82) is 0 Å². The minimum absolute atomic E-state index is 0.1000. The van der Waals surface area contributed by atoms with Crippen LogP contribution in [0.1, 0.15) is 34.6 Å². The lowest BCUT2D eigenvalue weighted by molar-refractivity contribution is 0.102. The molecule has 1 N–H and O–H groups in total. The van der Waals surface area contributed by atoms with E-state index in [0.717, 1.165) is 30.2 Å². The summed E-state index contributed by atoms with van der Waals surface area (Å²) in [6, 6.07) is 8.08. The molecular weight excluding hydrogens is 276 g/mol. The summed E-state index contributed by atoms with van der Waals surface area (Å²) in [6.45, 7) is 6.02. The Morgan fingerprint density at radius 1 is 1.14 bits per heavy atom. The molecule has 0 saturated carbocycles. The smallest absolute Gasteiger partial charge is 0.259 e. The number of nitrogens with zero attached hydrogens (tertiary/aromatic N) is 3. The van der Waals surface area contributed by atoms with Gasteiger partial charge in [-0.25, -0.2) is 0 Å². The summed E-state index contributed by atoms with van der Waals surface area (Å²) in [5.41, 5.74) is 4.33. The average molecular weight is 298 g/mol. The van der Waals surface area contributed by atoms with Gasteiger partial charge < -0.3 is 10.2 Å². The SMILES string of the molecule is Cc1nn(C)c(C)c1C(=O)Nc1ccc(N2CCCC2)cc1. The number of aromatic nitrogens is 2. The number of aryl methyl sites for hydroxylation is 2. The zero-order valence-electron chi connectivity index (χ0n) is 13.4. The van der Waals surface area contributed by atoms with Gasteiger partial charge in [-0.15, -0.1) is 0 Å². The molecule has 5 heteroatoms. The molecule has 1 aromatic carbocycles. The second kappa shape index (κ2) is 5.83. The van der Waals surface area contributed by atoms with Crippen molar-refractivity contribution in [2.75, 3.05) is 23.3 Å². The number of hydrogen-bond acceptors (Lipinski definition) is 3. The molecular formula is C17H22N4O. The molecule has 1 saturated heterocycles. The third-order valence-electron chi connectivity index (χ3n) is 4.33. The summed E-state index contributed by atoms with van der Waals surface area (Å²) in [5.74, 6) is -0.1000. The number of anilines is 2. The number of benzene rings is 1. The van der Waals surface area contributed by atoms with E-state index in [4.69, 9.17) is 0 Å². The third kappa shape index (κ3) is 2.71. The fourth-order valence-electron chi connectivity index (χ4n) is 3.03. The zero-order valence-corrected chi connectivity index (χ0v) is 13.4. The first-order valence-corrected chi connectivity index (χ1v) is 7.73. The van der Waals surface area contributed by atoms with Gasteiger partial charge in [0.2, 0.25) is 0 Å². The van der Waals surface area contributed by atoms with Crippen molar-refractivity contribution < 1.29 is 4.79 Å². The average Bonchev–Trinajstić information content (AvgIpc) is 3.09. The van der Waals surface area contributed by atoms with Crippen LogP contribution in [0.5, 0.6) is 0 Å². The number of amides is 1. The molecule has 2 aromatic rings.